The van der Waals surface area contributed by atoms with E-state index in [9.17, 15) is 24.0 Å². The van der Waals surface area contributed by atoms with Crippen molar-refractivity contribution >= 4 is 41.1 Å². The summed E-state index contributed by atoms with van der Waals surface area (Å²) >= 11 is 6.17. The SMILES string of the molecule is COC[C@@H]1NC(=O)[C@H](C)N(Cc2c(F)ccc(F)c2Oc2ccc(-c3cnc(CN(C)C)n3C)cc2)C(=O)C[C@@H](Cc2ccccc2)C(=O)N(C)[C@@H](C)CNC(=O)C[C@H](Cc2ccc(Cl)cc2)N(C)C1=O. The van der Waals surface area contributed by atoms with Gasteiger partial charge in [0, 0.05) is 70.3 Å². The second kappa shape index (κ2) is 24.4. The number of benzene rings is 4. The molecule has 5 amide bonds. The van der Waals surface area contributed by atoms with Crippen molar-refractivity contribution in [2.75, 3.05) is 48.5 Å². The van der Waals surface area contributed by atoms with Gasteiger partial charge in [-0.1, -0.05) is 54.1 Å². The van der Waals surface area contributed by atoms with Gasteiger partial charge in [-0.2, -0.15) is 0 Å². The van der Waals surface area contributed by atoms with Gasteiger partial charge in [-0.05, 0) is 100 Å². The van der Waals surface area contributed by atoms with Crippen LogP contribution in [0, 0.1) is 17.6 Å². The van der Waals surface area contributed by atoms with Gasteiger partial charge in [0.1, 0.15) is 29.5 Å². The average molecular weight is 998 g/mol. The molecule has 4 aromatic carbocycles. The molecule has 5 aromatic rings. The van der Waals surface area contributed by atoms with Crippen LogP contribution in [-0.4, -0.2) is 131 Å². The zero-order valence-electron chi connectivity index (χ0n) is 41.5. The van der Waals surface area contributed by atoms with Gasteiger partial charge in [0.05, 0.1) is 43.1 Å². The van der Waals surface area contributed by atoms with Crippen molar-refractivity contribution in [2.24, 2.45) is 13.0 Å². The van der Waals surface area contributed by atoms with Gasteiger partial charge in [0.2, 0.25) is 29.5 Å². The molecule has 2 N–H and O–H groups in total. The van der Waals surface area contributed by atoms with Crippen LogP contribution in [0.3, 0.4) is 0 Å². The van der Waals surface area contributed by atoms with Crippen LogP contribution in [0.1, 0.15) is 49.2 Å². The van der Waals surface area contributed by atoms with E-state index in [2.05, 4.69) is 15.6 Å². The molecule has 0 spiro atoms. The fraction of sp³-hybridized carbons (Fsp3) is 0.396. The topological polar surface area (TPSA) is 159 Å². The predicted octanol–water partition coefficient (Wildman–Crippen LogP) is 6.41. The van der Waals surface area contributed by atoms with Crippen LogP contribution in [0.4, 0.5) is 8.78 Å². The summed E-state index contributed by atoms with van der Waals surface area (Å²) in [6.45, 7) is 2.86. The fourth-order valence-electron chi connectivity index (χ4n) is 8.50. The molecular formula is C53H63ClF2N8O7. The van der Waals surface area contributed by atoms with Crippen molar-refractivity contribution in [1.82, 2.24) is 39.8 Å². The van der Waals surface area contributed by atoms with Crippen molar-refractivity contribution < 1.29 is 42.2 Å². The van der Waals surface area contributed by atoms with Gasteiger partial charge in [0.15, 0.2) is 11.6 Å². The Hall–Kier alpha value is -6.69. The van der Waals surface area contributed by atoms with Crippen molar-refractivity contribution in [1.29, 1.82) is 0 Å². The molecule has 5 atom stereocenters. The first-order chi connectivity index (χ1) is 33.8. The Morgan fingerprint density at radius 3 is 2.13 bits per heavy atom. The third-order valence-electron chi connectivity index (χ3n) is 12.9. The molecule has 2 heterocycles. The number of amides is 5. The van der Waals surface area contributed by atoms with Crippen molar-refractivity contribution in [3.8, 4) is 22.8 Å². The van der Waals surface area contributed by atoms with E-state index in [0.29, 0.717) is 11.6 Å². The Kier molecular flexibility index (Phi) is 18.5. The van der Waals surface area contributed by atoms with Crippen molar-refractivity contribution in [3.63, 3.8) is 0 Å². The molecule has 0 bridgehead atoms. The largest absolute Gasteiger partial charge is 0.454 e. The highest BCUT2D eigenvalue weighted by atomic mass is 35.5. The second-order valence-electron chi connectivity index (χ2n) is 18.4. The van der Waals surface area contributed by atoms with Crippen LogP contribution in [0.5, 0.6) is 11.5 Å². The predicted molar refractivity (Wildman–Crippen MR) is 266 cm³/mol. The van der Waals surface area contributed by atoms with Crippen LogP contribution in [-0.2, 0) is 61.7 Å². The maximum absolute atomic E-state index is 16.3. The number of hydrogen-bond donors (Lipinski definition) is 2. The standard InChI is InChI=1S/C53H63ClF2N8O7/c1-33-28-58-48(65)27-40(25-36-14-18-39(54)19-15-36)62(6)53(69)45(32-70-8)59-51(67)34(2)64(49(66)26-38(52(68)61(33)5)24-35-12-10-9-11-13-35)30-42-43(55)22-23-44(56)50(42)71-41-20-16-37(17-21-41)46-29-57-47(63(46)7)31-60(3)4/h9-23,29,33-34,38,40,45H,24-28,30-32H2,1-8H3,(H,58,65)(H,59,67)/t33-,34-,38+,40-,45-/m0/s1. The number of ether oxygens (including phenoxy) is 2. The van der Waals surface area contributed by atoms with Crippen molar-refractivity contribution in [2.45, 2.75) is 76.8 Å². The first-order valence-corrected chi connectivity index (χ1v) is 23.8. The highest BCUT2D eigenvalue weighted by Crippen LogP contribution is 2.34. The maximum atomic E-state index is 16.3. The number of aromatic nitrogens is 2. The number of carbonyl (C=O) groups excluding carboxylic acids is 5. The van der Waals surface area contributed by atoms with Crippen LogP contribution < -0.4 is 15.4 Å². The number of rotatable bonds is 13. The van der Waals surface area contributed by atoms with Gasteiger partial charge < -0.3 is 44.3 Å². The molecule has 0 aliphatic carbocycles. The summed E-state index contributed by atoms with van der Waals surface area (Å²) in [5.41, 5.74) is 2.79. The fourth-order valence-corrected chi connectivity index (χ4v) is 8.63. The molecule has 0 unspecified atom stereocenters. The first-order valence-electron chi connectivity index (χ1n) is 23.4. The summed E-state index contributed by atoms with van der Waals surface area (Å²) in [4.78, 5) is 82.6. The van der Waals surface area contributed by atoms with E-state index in [0.717, 1.165) is 45.2 Å². The molecule has 1 aromatic heterocycles. The first kappa shape index (κ1) is 53.7. The van der Waals surface area contributed by atoms with Crippen LogP contribution in [0.15, 0.2) is 97.2 Å². The van der Waals surface area contributed by atoms with Crippen molar-refractivity contribution in [3.05, 3.63) is 136 Å². The van der Waals surface area contributed by atoms with E-state index in [1.165, 1.54) is 30.9 Å². The van der Waals surface area contributed by atoms with Gasteiger partial charge in [-0.25, -0.2) is 13.8 Å². The maximum Gasteiger partial charge on any atom is 0.247 e. The molecule has 1 fully saturated rings. The minimum Gasteiger partial charge on any atom is -0.454 e. The molecule has 1 aliphatic rings. The summed E-state index contributed by atoms with van der Waals surface area (Å²) in [5.74, 6) is -5.32. The number of imidazole rings is 1. The summed E-state index contributed by atoms with van der Waals surface area (Å²) < 4.78 is 45.8. The third-order valence-corrected chi connectivity index (χ3v) is 13.2. The zero-order chi connectivity index (χ0) is 51.5. The third kappa shape index (κ3) is 13.8. The summed E-state index contributed by atoms with van der Waals surface area (Å²) in [7, 11) is 10.3. The monoisotopic (exact) mass is 996 g/mol. The highest BCUT2D eigenvalue weighted by Gasteiger charge is 2.37. The lowest BCUT2D eigenvalue weighted by Crippen LogP contribution is -2.57. The number of nitrogens with one attached hydrogen (secondary N) is 2. The Morgan fingerprint density at radius 2 is 1.46 bits per heavy atom. The Bertz CT molecular complexity index is 2650. The molecule has 378 valence electrons. The van der Waals surface area contributed by atoms with E-state index in [-0.39, 0.29) is 49.6 Å². The van der Waals surface area contributed by atoms with Gasteiger partial charge in [-0.15, -0.1) is 0 Å². The molecule has 15 nitrogen and oxygen atoms in total. The molecular weight excluding hydrogens is 934 g/mol. The van der Waals surface area contributed by atoms with Gasteiger partial charge in [0.25, 0.3) is 0 Å². The molecule has 1 aliphatic heterocycles. The molecule has 0 radical (unpaired) electrons. The van der Waals surface area contributed by atoms with Crippen LogP contribution >= 0.6 is 11.6 Å². The zero-order valence-corrected chi connectivity index (χ0v) is 42.2. The van der Waals surface area contributed by atoms with E-state index in [4.69, 9.17) is 21.1 Å². The molecule has 71 heavy (non-hydrogen) atoms. The molecule has 0 saturated carbocycles. The van der Waals surface area contributed by atoms with Crippen LogP contribution in [0.25, 0.3) is 11.3 Å². The Labute approximate surface area is 419 Å². The second-order valence-corrected chi connectivity index (χ2v) is 18.8. The lowest BCUT2D eigenvalue weighted by atomic mass is 9.93. The minimum atomic E-state index is -1.44. The summed E-state index contributed by atoms with van der Waals surface area (Å²) in [5, 5.41) is 6.15. The smallest absolute Gasteiger partial charge is 0.247 e. The number of likely N-dealkylation sites (N-methyl/N-ethyl adjacent to an activating group) is 2. The molecule has 6 rings (SSSR count). The Balaban J connectivity index is 1.38. The quantitative estimate of drug-likeness (QED) is 0.136. The van der Waals surface area contributed by atoms with Gasteiger partial charge >= 0.3 is 0 Å². The number of halogens is 3. The van der Waals surface area contributed by atoms with Gasteiger partial charge in [-0.3, -0.25) is 24.0 Å². The lowest BCUT2D eigenvalue weighted by Gasteiger charge is -2.35. The number of nitrogens with zero attached hydrogens (tertiary/aromatic N) is 6. The normalized spacial score (nSPS) is 20.2. The van der Waals surface area contributed by atoms with E-state index in [1.807, 2.05) is 60.9 Å². The Morgan fingerprint density at radius 1 is 0.803 bits per heavy atom. The number of carbonyl (C=O) groups is 5. The average Bonchev–Trinajstić information content (AvgIpc) is 3.71. The number of methoxy groups -OCH3 is 1. The molecule has 1 saturated heterocycles. The lowest BCUT2D eigenvalue weighted by molar-refractivity contribution is -0.147. The summed E-state index contributed by atoms with van der Waals surface area (Å²) in [6, 6.07) is 20.6. The van der Waals surface area contributed by atoms with Crippen LogP contribution in [0.2, 0.25) is 5.02 Å². The van der Waals surface area contributed by atoms with E-state index >= 15 is 8.78 Å². The van der Waals surface area contributed by atoms with E-state index in [1.54, 1.807) is 68.7 Å². The summed E-state index contributed by atoms with van der Waals surface area (Å²) in [6.07, 6.45) is 1.52. The molecule has 18 heteroatoms. The minimum absolute atomic E-state index is 0.0509. The number of hydrogen-bond acceptors (Lipinski definition) is 9. The van der Waals surface area contributed by atoms with E-state index < -0.39 is 84.1 Å². The highest BCUT2D eigenvalue weighted by molar-refractivity contribution is 6.30.